The number of nitrogens with one attached hydrogen (secondary N) is 2. The Morgan fingerprint density at radius 3 is 2.22 bits per heavy atom. The van der Waals surface area contributed by atoms with Gasteiger partial charge in [0.1, 0.15) is 11.4 Å². The van der Waals surface area contributed by atoms with Crippen LogP contribution in [0.4, 0.5) is 11.4 Å². The first-order valence-electron chi connectivity index (χ1n) is 10.2. The molecule has 170 valence electrons. The molecule has 2 amide bonds. The minimum atomic E-state index is -0.354. The number of nitrogens with two attached hydrogens (primary N) is 1. The van der Waals surface area contributed by atoms with Crippen LogP contribution in [0.15, 0.2) is 36.8 Å². The van der Waals surface area contributed by atoms with Crippen molar-refractivity contribution >= 4 is 29.0 Å². The number of rotatable bonds is 9. The Labute approximate surface area is 185 Å². The SMILES string of the molecule is Cn1cc(N)cc1C(=O)Cc1cc(C(=O)Nc2cc(C(=O)NCCCO)n(C)c2)n(C)c1. The Bertz CT molecular complexity index is 1150. The number of Topliss-reactive ketones (excluding diaryl/α,β-unsaturated/α-hetero) is 1. The Balaban J connectivity index is 1.68. The highest BCUT2D eigenvalue weighted by Gasteiger charge is 2.18. The van der Waals surface area contributed by atoms with Crippen molar-refractivity contribution < 1.29 is 19.5 Å². The van der Waals surface area contributed by atoms with Gasteiger partial charge in [-0.25, -0.2) is 0 Å². The minimum absolute atomic E-state index is 0.00177. The second kappa shape index (κ2) is 9.56. The van der Waals surface area contributed by atoms with Crippen LogP contribution >= 0.6 is 0 Å². The first-order valence-corrected chi connectivity index (χ1v) is 10.2. The monoisotopic (exact) mass is 440 g/mol. The maximum absolute atomic E-state index is 12.8. The molecule has 0 atom stereocenters. The van der Waals surface area contributed by atoms with Gasteiger partial charge in [-0.05, 0) is 30.2 Å². The fraction of sp³-hybridized carbons (Fsp3) is 0.318. The Kier molecular flexibility index (Phi) is 6.84. The Morgan fingerprint density at radius 2 is 1.56 bits per heavy atom. The average Bonchev–Trinajstić information content (AvgIpc) is 3.38. The van der Waals surface area contributed by atoms with Crippen LogP contribution in [-0.2, 0) is 27.6 Å². The third kappa shape index (κ3) is 5.09. The molecule has 0 aliphatic rings. The van der Waals surface area contributed by atoms with Crippen molar-refractivity contribution in [1.82, 2.24) is 19.0 Å². The summed E-state index contributed by atoms with van der Waals surface area (Å²) in [4.78, 5) is 37.6. The third-order valence-electron chi connectivity index (χ3n) is 5.09. The molecule has 0 saturated carbocycles. The lowest BCUT2D eigenvalue weighted by atomic mass is 10.1. The molecule has 0 aliphatic heterocycles. The van der Waals surface area contributed by atoms with Crippen LogP contribution in [0.5, 0.6) is 0 Å². The molecular weight excluding hydrogens is 412 g/mol. The van der Waals surface area contributed by atoms with Crippen LogP contribution < -0.4 is 16.4 Å². The minimum Gasteiger partial charge on any atom is -0.397 e. The third-order valence-corrected chi connectivity index (χ3v) is 5.09. The summed E-state index contributed by atoms with van der Waals surface area (Å²) in [5, 5.41) is 14.3. The van der Waals surface area contributed by atoms with Gasteiger partial charge in [0.25, 0.3) is 11.8 Å². The number of nitrogen functional groups attached to an aromatic ring is 1. The molecule has 3 aromatic heterocycles. The lowest BCUT2D eigenvalue weighted by molar-refractivity contribution is 0.0940. The summed E-state index contributed by atoms with van der Waals surface area (Å²) in [5.74, 6) is -0.740. The number of amides is 2. The molecule has 0 aliphatic carbocycles. The number of nitrogens with zero attached hydrogens (tertiary/aromatic N) is 3. The van der Waals surface area contributed by atoms with Crippen LogP contribution in [-0.4, -0.2) is 49.6 Å². The molecular formula is C22H28N6O4. The molecule has 0 aromatic carbocycles. The van der Waals surface area contributed by atoms with Crippen molar-refractivity contribution in [2.24, 2.45) is 21.1 Å². The molecule has 0 spiro atoms. The molecule has 10 heteroatoms. The van der Waals surface area contributed by atoms with Crippen LogP contribution in [0.3, 0.4) is 0 Å². The summed E-state index contributed by atoms with van der Waals surface area (Å²) in [6.07, 6.45) is 5.67. The zero-order valence-electron chi connectivity index (χ0n) is 18.4. The first-order chi connectivity index (χ1) is 15.2. The van der Waals surface area contributed by atoms with E-state index in [2.05, 4.69) is 10.6 Å². The number of hydrogen-bond donors (Lipinski definition) is 4. The van der Waals surface area contributed by atoms with Gasteiger partial charge in [-0.1, -0.05) is 0 Å². The molecule has 0 saturated heterocycles. The fourth-order valence-corrected chi connectivity index (χ4v) is 3.52. The summed E-state index contributed by atoms with van der Waals surface area (Å²) >= 11 is 0. The second-order valence-electron chi connectivity index (χ2n) is 7.73. The molecule has 5 N–H and O–H groups in total. The number of anilines is 2. The highest BCUT2D eigenvalue weighted by Crippen LogP contribution is 2.17. The fourth-order valence-electron chi connectivity index (χ4n) is 3.52. The van der Waals surface area contributed by atoms with Crippen LogP contribution in [0.25, 0.3) is 0 Å². The molecule has 32 heavy (non-hydrogen) atoms. The van der Waals surface area contributed by atoms with E-state index in [1.807, 2.05) is 0 Å². The van der Waals surface area contributed by atoms with Crippen molar-refractivity contribution in [2.75, 3.05) is 24.2 Å². The molecule has 3 aromatic rings. The zero-order valence-corrected chi connectivity index (χ0v) is 18.4. The van der Waals surface area contributed by atoms with Gasteiger partial charge in [0, 0.05) is 59.3 Å². The van der Waals surface area contributed by atoms with Crippen molar-refractivity contribution in [3.63, 3.8) is 0 Å². The van der Waals surface area contributed by atoms with Crippen molar-refractivity contribution in [2.45, 2.75) is 12.8 Å². The van der Waals surface area contributed by atoms with Gasteiger partial charge in [0.15, 0.2) is 5.78 Å². The maximum Gasteiger partial charge on any atom is 0.272 e. The van der Waals surface area contributed by atoms with Crippen LogP contribution in [0.1, 0.15) is 43.4 Å². The standard InChI is InChI=1S/C22H28N6O4/c1-26-11-14(8-20(30)17-9-15(23)12-27(17)2)7-18(26)22(32)25-16-10-19(28(3)13-16)21(31)24-5-4-6-29/h7,9-13,29H,4-6,8,23H2,1-3H3,(H,24,31)(H,25,32). The molecule has 0 radical (unpaired) electrons. The number of ketones is 1. The number of aliphatic hydroxyl groups is 1. The summed E-state index contributed by atoms with van der Waals surface area (Å²) in [7, 11) is 5.20. The quantitative estimate of drug-likeness (QED) is 0.291. The summed E-state index contributed by atoms with van der Waals surface area (Å²) < 4.78 is 4.95. The van der Waals surface area contributed by atoms with Gasteiger partial charge >= 0.3 is 0 Å². The molecule has 0 bridgehead atoms. The van der Waals surface area contributed by atoms with Gasteiger partial charge < -0.3 is 35.2 Å². The van der Waals surface area contributed by atoms with Crippen molar-refractivity contribution in [3.05, 3.63) is 59.4 Å². The van der Waals surface area contributed by atoms with E-state index in [1.165, 1.54) is 0 Å². The molecule has 0 unspecified atom stereocenters. The topological polar surface area (TPSA) is 136 Å². The van der Waals surface area contributed by atoms with Gasteiger partial charge in [-0.2, -0.15) is 0 Å². The zero-order chi connectivity index (χ0) is 23.4. The highest BCUT2D eigenvalue weighted by molar-refractivity contribution is 6.04. The summed E-state index contributed by atoms with van der Waals surface area (Å²) in [5.41, 5.74) is 8.73. The number of carbonyl (C=O) groups is 3. The van der Waals surface area contributed by atoms with Crippen molar-refractivity contribution in [1.29, 1.82) is 0 Å². The van der Waals surface area contributed by atoms with E-state index in [9.17, 15) is 14.4 Å². The smallest absolute Gasteiger partial charge is 0.272 e. The Hall–Kier alpha value is -3.79. The average molecular weight is 441 g/mol. The number of hydrogen-bond acceptors (Lipinski definition) is 5. The second-order valence-corrected chi connectivity index (χ2v) is 7.73. The summed E-state index contributed by atoms with van der Waals surface area (Å²) in [6.45, 7) is 0.362. The number of aliphatic hydroxyl groups excluding tert-OH is 1. The normalized spacial score (nSPS) is 10.9. The lowest BCUT2D eigenvalue weighted by Crippen LogP contribution is -2.26. The van der Waals surface area contributed by atoms with Crippen LogP contribution in [0, 0.1) is 0 Å². The van der Waals surface area contributed by atoms with Gasteiger partial charge in [-0.3, -0.25) is 14.4 Å². The summed E-state index contributed by atoms with van der Waals surface area (Å²) in [6, 6.07) is 4.89. The molecule has 10 nitrogen and oxygen atoms in total. The molecule has 3 heterocycles. The van der Waals surface area contributed by atoms with E-state index in [4.69, 9.17) is 10.8 Å². The molecule has 3 rings (SSSR count). The number of aryl methyl sites for hydroxylation is 3. The largest absolute Gasteiger partial charge is 0.397 e. The van der Waals surface area contributed by atoms with Crippen molar-refractivity contribution in [3.8, 4) is 0 Å². The lowest BCUT2D eigenvalue weighted by Gasteiger charge is -2.04. The van der Waals surface area contributed by atoms with E-state index in [1.54, 1.807) is 71.6 Å². The molecule has 0 fully saturated rings. The highest BCUT2D eigenvalue weighted by atomic mass is 16.3. The van der Waals surface area contributed by atoms with E-state index in [0.717, 1.165) is 0 Å². The van der Waals surface area contributed by atoms with E-state index in [-0.39, 0.29) is 30.6 Å². The Morgan fingerprint density at radius 1 is 0.906 bits per heavy atom. The predicted octanol–water partition coefficient (Wildman–Crippen LogP) is 1.07. The van der Waals surface area contributed by atoms with Gasteiger partial charge in [0.05, 0.1) is 17.1 Å². The van der Waals surface area contributed by atoms with E-state index in [0.29, 0.717) is 47.0 Å². The van der Waals surface area contributed by atoms with Gasteiger partial charge in [0.2, 0.25) is 0 Å². The number of carbonyl (C=O) groups excluding carboxylic acids is 3. The van der Waals surface area contributed by atoms with Gasteiger partial charge in [-0.15, -0.1) is 0 Å². The predicted molar refractivity (Wildman–Crippen MR) is 121 cm³/mol. The van der Waals surface area contributed by atoms with Crippen LogP contribution in [0.2, 0.25) is 0 Å². The first kappa shape index (κ1) is 22.9. The number of aromatic nitrogens is 3. The van der Waals surface area contributed by atoms with E-state index < -0.39 is 0 Å². The maximum atomic E-state index is 12.8. The van der Waals surface area contributed by atoms with E-state index >= 15 is 0 Å².